The Bertz CT molecular complexity index is 634. The van der Waals surface area contributed by atoms with E-state index in [2.05, 4.69) is 10.3 Å². The smallest absolute Gasteiger partial charge is 0.253 e. The van der Waals surface area contributed by atoms with Crippen LogP contribution in [0.4, 0.5) is 0 Å². The van der Waals surface area contributed by atoms with Gasteiger partial charge in [-0.05, 0) is 33.1 Å². The standard InChI is InChI=1S/C15H21N3O2S2/c1-9-7-12(11(3)18(9)15-16-5-6-22-15)14(20)17-10(2)13(8-19)21-4/h5-7,10,13,19H,8H2,1-4H3,(H,17,20). The average molecular weight is 339 g/mol. The number of aryl methyl sites for hydroxylation is 1. The minimum absolute atomic E-state index is 0.00796. The molecular weight excluding hydrogens is 318 g/mol. The van der Waals surface area contributed by atoms with Crippen LogP contribution in [0.5, 0.6) is 0 Å². The van der Waals surface area contributed by atoms with Crippen molar-refractivity contribution in [3.8, 4) is 5.13 Å². The summed E-state index contributed by atoms with van der Waals surface area (Å²) in [6.07, 6.45) is 3.68. The second-order valence-electron chi connectivity index (χ2n) is 5.15. The summed E-state index contributed by atoms with van der Waals surface area (Å²) in [6, 6.07) is 1.78. The molecule has 2 aromatic heterocycles. The number of nitrogens with zero attached hydrogens (tertiary/aromatic N) is 2. The van der Waals surface area contributed by atoms with Gasteiger partial charge in [-0.15, -0.1) is 11.3 Å². The molecule has 22 heavy (non-hydrogen) atoms. The van der Waals surface area contributed by atoms with Gasteiger partial charge in [-0.3, -0.25) is 9.36 Å². The van der Waals surface area contributed by atoms with Crippen LogP contribution < -0.4 is 5.32 Å². The SMILES string of the molecule is CSC(CO)C(C)NC(=O)c1cc(C)n(-c2nccs2)c1C. The van der Waals surface area contributed by atoms with E-state index in [0.29, 0.717) is 5.56 Å². The van der Waals surface area contributed by atoms with Crippen LogP contribution in [0.25, 0.3) is 5.13 Å². The zero-order valence-electron chi connectivity index (χ0n) is 13.2. The fourth-order valence-corrected chi connectivity index (χ4v) is 3.80. The number of amides is 1. The maximum absolute atomic E-state index is 12.5. The van der Waals surface area contributed by atoms with Crippen molar-refractivity contribution in [1.82, 2.24) is 14.9 Å². The summed E-state index contributed by atoms with van der Waals surface area (Å²) in [4.78, 5) is 16.8. The lowest BCUT2D eigenvalue weighted by Crippen LogP contribution is -2.41. The Morgan fingerprint density at radius 2 is 2.27 bits per heavy atom. The molecule has 2 N–H and O–H groups in total. The van der Waals surface area contributed by atoms with E-state index < -0.39 is 0 Å². The number of nitrogens with one attached hydrogen (secondary N) is 1. The molecule has 120 valence electrons. The Hall–Kier alpha value is -1.31. The first-order chi connectivity index (χ1) is 10.5. The maximum atomic E-state index is 12.5. The van der Waals surface area contributed by atoms with Crippen molar-refractivity contribution in [2.24, 2.45) is 0 Å². The zero-order valence-corrected chi connectivity index (χ0v) is 14.8. The van der Waals surface area contributed by atoms with Crippen LogP contribution in [-0.4, -0.2) is 44.7 Å². The van der Waals surface area contributed by atoms with Gasteiger partial charge in [-0.2, -0.15) is 11.8 Å². The van der Waals surface area contributed by atoms with Gasteiger partial charge in [-0.25, -0.2) is 4.98 Å². The van der Waals surface area contributed by atoms with Crippen molar-refractivity contribution in [3.05, 3.63) is 34.6 Å². The number of rotatable bonds is 6. The van der Waals surface area contributed by atoms with Crippen LogP contribution in [0, 0.1) is 13.8 Å². The summed E-state index contributed by atoms with van der Waals surface area (Å²) in [5.41, 5.74) is 2.51. The lowest BCUT2D eigenvalue weighted by molar-refractivity contribution is 0.0935. The highest BCUT2D eigenvalue weighted by Crippen LogP contribution is 2.22. The van der Waals surface area contributed by atoms with E-state index in [1.165, 1.54) is 11.3 Å². The molecule has 0 bridgehead atoms. The number of hydrogen-bond donors (Lipinski definition) is 2. The largest absolute Gasteiger partial charge is 0.395 e. The van der Waals surface area contributed by atoms with Crippen molar-refractivity contribution < 1.29 is 9.90 Å². The molecule has 2 rings (SSSR count). The van der Waals surface area contributed by atoms with Gasteiger partial charge in [0, 0.05) is 34.3 Å². The summed E-state index contributed by atoms with van der Waals surface area (Å²) in [6.45, 7) is 5.84. The van der Waals surface area contributed by atoms with E-state index >= 15 is 0 Å². The van der Waals surface area contributed by atoms with E-state index in [1.54, 1.807) is 18.0 Å². The van der Waals surface area contributed by atoms with E-state index in [0.717, 1.165) is 16.5 Å². The second-order valence-corrected chi connectivity index (χ2v) is 7.10. The fraction of sp³-hybridized carbons (Fsp3) is 0.467. The molecule has 2 heterocycles. The van der Waals surface area contributed by atoms with Crippen LogP contribution in [0.15, 0.2) is 17.6 Å². The Kier molecular flexibility index (Phi) is 5.66. The molecule has 2 unspecified atom stereocenters. The molecule has 0 saturated carbocycles. The number of carbonyl (C=O) groups is 1. The summed E-state index contributed by atoms with van der Waals surface area (Å²) in [5.74, 6) is -0.115. The highest BCUT2D eigenvalue weighted by Gasteiger charge is 2.22. The van der Waals surface area contributed by atoms with Gasteiger partial charge in [0.25, 0.3) is 5.91 Å². The van der Waals surface area contributed by atoms with Crippen LogP contribution in [0.3, 0.4) is 0 Å². The third-order valence-corrected chi connectivity index (χ3v) is 5.60. The van der Waals surface area contributed by atoms with Crippen LogP contribution in [-0.2, 0) is 0 Å². The molecule has 0 spiro atoms. The van der Waals surface area contributed by atoms with E-state index in [9.17, 15) is 9.90 Å². The molecule has 5 nitrogen and oxygen atoms in total. The predicted molar refractivity (Wildman–Crippen MR) is 92.2 cm³/mol. The number of thioether (sulfide) groups is 1. The van der Waals surface area contributed by atoms with E-state index in [1.807, 2.05) is 43.0 Å². The molecule has 0 saturated heterocycles. The Morgan fingerprint density at radius 3 is 2.82 bits per heavy atom. The second kappa shape index (κ2) is 7.30. The molecule has 0 aliphatic rings. The van der Waals surface area contributed by atoms with Gasteiger partial charge >= 0.3 is 0 Å². The van der Waals surface area contributed by atoms with Gasteiger partial charge in [0.05, 0.1) is 12.2 Å². The molecule has 0 aliphatic heterocycles. The van der Waals surface area contributed by atoms with Crippen LogP contribution in [0.2, 0.25) is 0 Å². The average Bonchev–Trinajstić information content (AvgIpc) is 3.08. The zero-order chi connectivity index (χ0) is 16.3. The molecule has 2 aromatic rings. The molecule has 0 aromatic carbocycles. The van der Waals surface area contributed by atoms with Gasteiger partial charge in [0.15, 0.2) is 5.13 Å². The highest BCUT2D eigenvalue weighted by atomic mass is 32.2. The Balaban J connectivity index is 2.23. The monoisotopic (exact) mass is 339 g/mol. The predicted octanol–water partition coefficient (Wildman–Crippen LogP) is 2.39. The molecular formula is C15H21N3O2S2. The van der Waals surface area contributed by atoms with Crippen molar-refractivity contribution in [1.29, 1.82) is 0 Å². The third-order valence-electron chi connectivity index (χ3n) is 3.69. The molecule has 0 aliphatic carbocycles. The molecule has 1 amide bonds. The minimum Gasteiger partial charge on any atom is -0.395 e. The Labute approximate surface area is 138 Å². The number of aromatic nitrogens is 2. The molecule has 2 atom stereocenters. The molecule has 7 heteroatoms. The normalized spacial score (nSPS) is 13.9. The first kappa shape index (κ1) is 17.1. The number of thiazole rings is 1. The molecule has 0 fully saturated rings. The van der Waals surface area contributed by atoms with E-state index in [-0.39, 0.29) is 23.8 Å². The van der Waals surface area contributed by atoms with Crippen molar-refractivity contribution in [2.75, 3.05) is 12.9 Å². The van der Waals surface area contributed by atoms with Gasteiger partial charge in [0.1, 0.15) is 0 Å². The summed E-state index contributed by atoms with van der Waals surface area (Å²) in [7, 11) is 0. The summed E-state index contributed by atoms with van der Waals surface area (Å²) < 4.78 is 1.99. The minimum atomic E-state index is -0.115. The van der Waals surface area contributed by atoms with Gasteiger partial charge in [0.2, 0.25) is 0 Å². The number of carbonyl (C=O) groups excluding carboxylic acids is 1. The third kappa shape index (κ3) is 3.37. The van der Waals surface area contributed by atoms with Gasteiger partial charge in [-0.1, -0.05) is 0 Å². The first-order valence-electron chi connectivity index (χ1n) is 7.03. The van der Waals surface area contributed by atoms with Crippen molar-refractivity contribution >= 4 is 29.0 Å². The first-order valence-corrected chi connectivity index (χ1v) is 9.19. The van der Waals surface area contributed by atoms with Crippen LogP contribution in [0.1, 0.15) is 28.7 Å². The van der Waals surface area contributed by atoms with E-state index in [4.69, 9.17) is 0 Å². The topological polar surface area (TPSA) is 67.2 Å². The number of aliphatic hydroxyl groups excluding tert-OH is 1. The van der Waals surface area contributed by atoms with Gasteiger partial charge < -0.3 is 10.4 Å². The Morgan fingerprint density at radius 1 is 1.55 bits per heavy atom. The fourth-order valence-electron chi connectivity index (χ4n) is 2.43. The lowest BCUT2D eigenvalue weighted by Gasteiger charge is -2.21. The van der Waals surface area contributed by atoms with Crippen LogP contribution >= 0.6 is 23.1 Å². The quantitative estimate of drug-likeness (QED) is 0.848. The van der Waals surface area contributed by atoms with Crippen molar-refractivity contribution in [3.63, 3.8) is 0 Å². The highest BCUT2D eigenvalue weighted by molar-refractivity contribution is 7.99. The number of aliphatic hydroxyl groups is 1. The summed E-state index contributed by atoms with van der Waals surface area (Å²) in [5, 5.41) is 15.1. The maximum Gasteiger partial charge on any atom is 0.253 e. The molecule has 0 radical (unpaired) electrons. The number of hydrogen-bond acceptors (Lipinski definition) is 5. The van der Waals surface area contributed by atoms with Crippen molar-refractivity contribution in [2.45, 2.75) is 32.1 Å². The lowest BCUT2D eigenvalue weighted by atomic mass is 10.2. The summed E-state index contributed by atoms with van der Waals surface area (Å²) >= 11 is 3.09.